The van der Waals surface area contributed by atoms with Crippen molar-refractivity contribution in [1.82, 2.24) is 5.32 Å². The van der Waals surface area contributed by atoms with Crippen molar-refractivity contribution in [2.75, 3.05) is 7.11 Å². The molecule has 0 aliphatic carbocycles. The zero-order valence-corrected chi connectivity index (χ0v) is 18.7. The summed E-state index contributed by atoms with van der Waals surface area (Å²) >= 11 is 6.55. The summed E-state index contributed by atoms with van der Waals surface area (Å²) in [6, 6.07) is 23.0. The number of aryl methyl sites for hydroxylation is 2. The molecule has 0 saturated carbocycles. The predicted octanol–water partition coefficient (Wildman–Crippen LogP) is 6.35. The minimum absolute atomic E-state index is 0.379. The molecule has 0 spiro atoms. The molecule has 0 fully saturated rings. The van der Waals surface area contributed by atoms with Gasteiger partial charge in [-0.1, -0.05) is 66.2 Å². The lowest BCUT2D eigenvalue weighted by Gasteiger charge is -2.17. The van der Waals surface area contributed by atoms with E-state index in [2.05, 4.69) is 61.6 Å². The van der Waals surface area contributed by atoms with E-state index in [1.165, 1.54) is 11.1 Å². The highest BCUT2D eigenvalue weighted by atomic mass is 35.5. The van der Waals surface area contributed by atoms with Crippen LogP contribution in [0.15, 0.2) is 66.7 Å². The van der Waals surface area contributed by atoms with Crippen LogP contribution in [0.3, 0.4) is 0 Å². The van der Waals surface area contributed by atoms with Crippen LogP contribution in [0.2, 0.25) is 5.02 Å². The molecule has 0 aliphatic rings. The van der Waals surface area contributed by atoms with E-state index >= 15 is 0 Å². The fraction of sp³-hybridized carbons (Fsp3) is 0.308. The first-order valence-corrected chi connectivity index (χ1v) is 10.8. The largest absolute Gasteiger partial charge is 0.493 e. The van der Waals surface area contributed by atoms with Crippen molar-refractivity contribution >= 4 is 11.6 Å². The highest BCUT2D eigenvalue weighted by molar-refractivity contribution is 6.31. The molecule has 0 saturated heterocycles. The van der Waals surface area contributed by atoms with Crippen LogP contribution in [0.1, 0.15) is 35.6 Å². The van der Waals surface area contributed by atoms with Crippen molar-refractivity contribution in [3.05, 3.63) is 94.0 Å². The van der Waals surface area contributed by atoms with Crippen LogP contribution in [0.5, 0.6) is 11.5 Å². The van der Waals surface area contributed by atoms with Crippen molar-refractivity contribution in [3.8, 4) is 11.5 Å². The molecular weight excluding hydrogens is 394 g/mol. The van der Waals surface area contributed by atoms with Crippen LogP contribution in [-0.2, 0) is 19.6 Å². The maximum atomic E-state index is 6.55. The number of hydrogen-bond donors (Lipinski definition) is 1. The number of halogens is 1. The lowest BCUT2D eigenvalue weighted by molar-refractivity contribution is 0.283. The summed E-state index contributed by atoms with van der Waals surface area (Å²) in [7, 11) is 1.66. The predicted molar refractivity (Wildman–Crippen MR) is 125 cm³/mol. The lowest BCUT2D eigenvalue weighted by atomic mass is 10.1. The van der Waals surface area contributed by atoms with Gasteiger partial charge in [-0.2, -0.15) is 0 Å². The molecule has 4 heteroatoms. The standard InChI is InChI=1S/C26H30ClNO2/c1-19-9-7-8-12-22(19)18-30-26-16-24(27)23(15-25(26)29-3)17-28-20(2)13-14-21-10-5-4-6-11-21/h4-12,15-16,20,28H,13-14,17-18H2,1-3H3. The van der Waals surface area contributed by atoms with Gasteiger partial charge in [0.05, 0.1) is 7.11 Å². The Labute approximate surface area is 185 Å². The van der Waals surface area contributed by atoms with Crippen LogP contribution < -0.4 is 14.8 Å². The molecule has 1 N–H and O–H groups in total. The number of rotatable bonds is 10. The number of methoxy groups -OCH3 is 1. The molecule has 1 atom stereocenters. The van der Waals surface area contributed by atoms with Gasteiger partial charge < -0.3 is 14.8 Å². The fourth-order valence-electron chi connectivity index (χ4n) is 3.33. The molecule has 0 aromatic heterocycles. The summed E-state index contributed by atoms with van der Waals surface area (Å²) < 4.78 is 11.6. The van der Waals surface area contributed by atoms with Gasteiger partial charge in [-0.25, -0.2) is 0 Å². The third-order valence-corrected chi connectivity index (χ3v) is 5.68. The summed E-state index contributed by atoms with van der Waals surface area (Å²) in [4.78, 5) is 0. The highest BCUT2D eigenvalue weighted by Gasteiger charge is 2.12. The average molecular weight is 424 g/mol. The first-order valence-electron chi connectivity index (χ1n) is 10.4. The van der Waals surface area contributed by atoms with E-state index in [4.69, 9.17) is 21.1 Å². The van der Waals surface area contributed by atoms with Gasteiger partial charge in [0.25, 0.3) is 0 Å². The van der Waals surface area contributed by atoms with E-state index in [-0.39, 0.29) is 0 Å². The maximum absolute atomic E-state index is 6.55. The minimum Gasteiger partial charge on any atom is -0.493 e. The molecule has 0 radical (unpaired) electrons. The van der Waals surface area contributed by atoms with Crippen molar-refractivity contribution in [3.63, 3.8) is 0 Å². The number of hydrogen-bond acceptors (Lipinski definition) is 3. The Bertz CT molecular complexity index is 943. The number of nitrogens with one attached hydrogen (secondary N) is 1. The van der Waals surface area contributed by atoms with Crippen molar-refractivity contribution in [2.45, 2.75) is 45.9 Å². The Kier molecular flexibility index (Phi) is 8.18. The molecule has 158 valence electrons. The maximum Gasteiger partial charge on any atom is 0.163 e. The highest BCUT2D eigenvalue weighted by Crippen LogP contribution is 2.34. The quantitative estimate of drug-likeness (QED) is 0.412. The third-order valence-electron chi connectivity index (χ3n) is 5.33. The van der Waals surface area contributed by atoms with Crippen molar-refractivity contribution in [1.29, 1.82) is 0 Å². The molecule has 3 nitrogen and oxygen atoms in total. The zero-order valence-electron chi connectivity index (χ0n) is 18.0. The van der Waals surface area contributed by atoms with E-state index in [0.29, 0.717) is 35.7 Å². The molecule has 1 unspecified atom stereocenters. The molecule has 3 rings (SSSR count). The Morgan fingerprint density at radius 1 is 0.933 bits per heavy atom. The topological polar surface area (TPSA) is 30.5 Å². The molecule has 3 aromatic rings. The van der Waals surface area contributed by atoms with E-state index in [9.17, 15) is 0 Å². The summed E-state index contributed by atoms with van der Waals surface area (Å²) in [5.41, 5.74) is 4.71. The van der Waals surface area contributed by atoms with Crippen LogP contribution in [0.25, 0.3) is 0 Å². The van der Waals surface area contributed by atoms with Gasteiger partial charge in [0.15, 0.2) is 11.5 Å². The van der Waals surface area contributed by atoms with Gasteiger partial charge >= 0.3 is 0 Å². The zero-order chi connectivity index (χ0) is 21.3. The smallest absolute Gasteiger partial charge is 0.163 e. The number of ether oxygens (including phenoxy) is 2. The van der Waals surface area contributed by atoms with E-state index in [1.807, 2.05) is 24.3 Å². The lowest BCUT2D eigenvalue weighted by Crippen LogP contribution is -2.26. The van der Waals surface area contributed by atoms with Crippen LogP contribution in [0, 0.1) is 6.92 Å². The monoisotopic (exact) mass is 423 g/mol. The van der Waals surface area contributed by atoms with Gasteiger partial charge in [-0.3, -0.25) is 0 Å². The van der Waals surface area contributed by atoms with E-state index < -0.39 is 0 Å². The SMILES string of the molecule is COc1cc(CNC(C)CCc2ccccc2)c(Cl)cc1OCc1ccccc1C. The first kappa shape index (κ1) is 22.2. The van der Waals surface area contributed by atoms with Gasteiger partial charge in [0.2, 0.25) is 0 Å². The van der Waals surface area contributed by atoms with Crippen molar-refractivity contribution in [2.24, 2.45) is 0 Å². The molecule has 3 aromatic carbocycles. The second-order valence-electron chi connectivity index (χ2n) is 7.62. The van der Waals surface area contributed by atoms with Gasteiger partial charge in [-0.15, -0.1) is 0 Å². The van der Waals surface area contributed by atoms with E-state index in [0.717, 1.165) is 24.0 Å². The molecule has 0 aliphatic heterocycles. The van der Waals surface area contributed by atoms with Crippen LogP contribution in [0.4, 0.5) is 0 Å². The average Bonchev–Trinajstić information content (AvgIpc) is 2.77. The van der Waals surface area contributed by atoms with Gasteiger partial charge in [0, 0.05) is 23.7 Å². The Morgan fingerprint density at radius 3 is 2.40 bits per heavy atom. The van der Waals surface area contributed by atoms with E-state index in [1.54, 1.807) is 7.11 Å². The molecule has 0 bridgehead atoms. The second kappa shape index (κ2) is 11.1. The Morgan fingerprint density at radius 2 is 1.67 bits per heavy atom. The first-order chi connectivity index (χ1) is 14.6. The Hall–Kier alpha value is -2.49. The normalized spacial score (nSPS) is 11.9. The second-order valence-corrected chi connectivity index (χ2v) is 8.02. The summed E-state index contributed by atoms with van der Waals surface area (Å²) in [5, 5.41) is 4.24. The van der Waals surface area contributed by atoms with Crippen LogP contribution in [-0.4, -0.2) is 13.2 Å². The summed E-state index contributed by atoms with van der Waals surface area (Å²) in [6.07, 6.45) is 2.12. The number of benzene rings is 3. The third kappa shape index (κ3) is 6.25. The molecule has 0 amide bonds. The summed E-state index contributed by atoms with van der Waals surface area (Å²) in [5.74, 6) is 1.35. The van der Waals surface area contributed by atoms with Crippen LogP contribution >= 0.6 is 11.6 Å². The van der Waals surface area contributed by atoms with Gasteiger partial charge in [-0.05, 0) is 55.0 Å². The molecule has 0 heterocycles. The fourth-order valence-corrected chi connectivity index (χ4v) is 3.55. The van der Waals surface area contributed by atoms with Crippen molar-refractivity contribution < 1.29 is 9.47 Å². The molecular formula is C26H30ClNO2. The summed E-state index contributed by atoms with van der Waals surface area (Å²) in [6.45, 7) is 5.45. The Balaban J connectivity index is 1.58. The van der Waals surface area contributed by atoms with Gasteiger partial charge in [0.1, 0.15) is 6.61 Å². The molecule has 30 heavy (non-hydrogen) atoms. The minimum atomic E-state index is 0.379.